The first kappa shape index (κ1) is 13.8. The van der Waals surface area contributed by atoms with Crippen LogP contribution in [0.25, 0.3) is 0 Å². The summed E-state index contributed by atoms with van der Waals surface area (Å²) in [5, 5.41) is 12.8. The molecule has 0 spiro atoms. The molecule has 3 nitrogen and oxygen atoms in total. The van der Waals surface area contributed by atoms with Crippen LogP contribution in [-0.4, -0.2) is 17.1 Å². The van der Waals surface area contributed by atoms with Gasteiger partial charge in [0.25, 0.3) is 0 Å². The average molecular weight is 256 g/mol. The number of hydrogen-bond acceptors (Lipinski definition) is 2. The average Bonchev–Trinajstić information content (AvgIpc) is 2.30. The molecule has 4 heteroatoms. The molecule has 0 saturated heterocycles. The molecule has 2 N–H and O–H groups in total. The smallest absolute Gasteiger partial charge is 0.337 e. The summed E-state index contributed by atoms with van der Waals surface area (Å²) in [4.78, 5) is 11.1. The fourth-order valence-corrected chi connectivity index (χ4v) is 1.94. The molecule has 94 valence electrons. The van der Waals surface area contributed by atoms with Crippen LogP contribution in [0.4, 0.5) is 5.69 Å². The Morgan fingerprint density at radius 3 is 2.71 bits per heavy atom. The number of halogens is 1. The van der Waals surface area contributed by atoms with Crippen LogP contribution in [0, 0.1) is 0 Å². The van der Waals surface area contributed by atoms with E-state index >= 15 is 0 Å². The highest BCUT2D eigenvalue weighted by atomic mass is 35.5. The van der Waals surface area contributed by atoms with Crippen LogP contribution in [0.15, 0.2) is 18.2 Å². The van der Waals surface area contributed by atoms with Crippen molar-refractivity contribution in [2.75, 3.05) is 5.32 Å². The molecular weight excluding hydrogens is 238 g/mol. The molecule has 1 aromatic rings. The van der Waals surface area contributed by atoms with Gasteiger partial charge in [-0.1, -0.05) is 31.9 Å². The van der Waals surface area contributed by atoms with Crippen LogP contribution in [-0.2, 0) is 0 Å². The van der Waals surface area contributed by atoms with Gasteiger partial charge in [0.1, 0.15) is 0 Å². The van der Waals surface area contributed by atoms with Gasteiger partial charge in [0.05, 0.1) is 5.56 Å². The van der Waals surface area contributed by atoms with E-state index in [1.165, 1.54) is 6.07 Å². The van der Waals surface area contributed by atoms with Gasteiger partial charge in [0.2, 0.25) is 0 Å². The second kappa shape index (κ2) is 6.50. The van der Waals surface area contributed by atoms with E-state index in [9.17, 15) is 4.79 Å². The van der Waals surface area contributed by atoms with Gasteiger partial charge in [-0.25, -0.2) is 4.79 Å². The molecule has 0 aliphatic carbocycles. The number of aromatic carboxylic acids is 1. The zero-order valence-electron chi connectivity index (χ0n) is 10.2. The Hall–Kier alpha value is -1.22. The molecule has 0 aliphatic heterocycles. The maximum Gasteiger partial charge on any atom is 0.337 e. The van der Waals surface area contributed by atoms with E-state index in [4.69, 9.17) is 16.7 Å². The van der Waals surface area contributed by atoms with Gasteiger partial charge < -0.3 is 10.4 Å². The number of carbonyl (C=O) groups is 1. The largest absolute Gasteiger partial charge is 0.478 e. The van der Waals surface area contributed by atoms with Crippen molar-refractivity contribution in [3.8, 4) is 0 Å². The minimum Gasteiger partial charge on any atom is -0.478 e. The minimum atomic E-state index is -0.957. The van der Waals surface area contributed by atoms with Crippen LogP contribution in [0.5, 0.6) is 0 Å². The topological polar surface area (TPSA) is 49.3 Å². The fourth-order valence-electron chi connectivity index (χ4n) is 1.77. The lowest BCUT2D eigenvalue weighted by Crippen LogP contribution is -2.19. The van der Waals surface area contributed by atoms with Crippen LogP contribution >= 0.6 is 11.6 Å². The SMILES string of the molecule is CCCC(CC)Nc1ccc(Cl)cc1C(=O)O. The normalized spacial score (nSPS) is 12.2. The van der Waals surface area contributed by atoms with Crippen molar-refractivity contribution in [3.63, 3.8) is 0 Å². The Morgan fingerprint density at radius 1 is 1.47 bits per heavy atom. The second-order valence-corrected chi connectivity index (χ2v) is 4.47. The molecule has 0 saturated carbocycles. The van der Waals surface area contributed by atoms with Crippen LogP contribution in [0.2, 0.25) is 5.02 Å². The monoisotopic (exact) mass is 255 g/mol. The number of hydrogen-bond donors (Lipinski definition) is 2. The third-order valence-corrected chi connectivity index (χ3v) is 2.94. The summed E-state index contributed by atoms with van der Waals surface area (Å²) < 4.78 is 0. The Kier molecular flexibility index (Phi) is 5.29. The summed E-state index contributed by atoms with van der Waals surface area (Å²) in [6, 6.07) is 5.21. The van der Waals surface area contributed by atoms with Gasteiger partial charge in [-0.05, 0) is 31.0 Å². The highest BCUT2D eigenvalue weighted by Gasteiger charge is 2.13. The van der Waals surface area contributed by atoms with Crippen molar-refractivity contribution >= 4 is 23.3 Å². The van der Waals surface area contributed by atoms with E-state index in [1.54, 1.807) is 12.1 Å². The zero-order chi connectivity index (χ0) is 12.8. The Bertz CT molecular complexity index is 393. The number of anilines is 1. The van der Waals surface area contributed by atoms with Gasteiger partial charge in [0.15, 0.2) is 0 Å². The summed E-state index contributed by atoms with van der Waals surface area (Å²) in [5.41, 5.74) is 0.870. The van der Waals surface area contributed by atoms with E-state index in [0.717, 1.165) is 19.3 Å². The van der Waals surface area contributed by atoms with Crippen LogP contribution < -0.4 is 5.32 Å². The van der Waals surface area contributed by atoms with Crippen molar-refractivity contribution in [2.24, 2.45) is 0 Å². The van der Waals surface area contributed by atoms with Crippen molar-refractivity contribution < 1.29 is 9.90 Å². The molecule has 0 heterocycles. The van der Waals surface area contributed by atoms with Crippen molar-refractivity contribution in [1.29, 1.82) is 0 Å². The highest BCUT2D eigenvalue weighted by molar-refractivity contribution is 6.31. The first-order chi connectivity index (χ1) is 8.08. The first-order valence-corrected chi connectivity index (χ1v) is 6.25. The maximum atomic E-state index is 11.1. The van der Waals surface area contributed by atoms with Gasteiger partial charge in [-0.15, -0.1) is 0 Å². The number of rotatable bonds is 6. The number of carboxylic acids is 1. The van der Waals surface area contributed by atoms with Gasteiger partial charge in [-0.2, -0.15) is 0 Å². The molecule has 0 fully saturated rings. The van der Waals surface area contributed by atoms with Gasteiger partial charge >= 0.3 is 5.97 Å². The molecule has 1 aromatic carbocycles. The third-order valence-electron chi connectivity index (χ3n) is 2.70. The molecule has 0 aromatic heterocycles. The molecule has 0 bridgehead atoms. The molecule has 1 atom stereocenters. The first-order valence-electron chi connectivity index (χ1n) is 5.87. The van der Waals surface area contributed by atoms with E-state index in [0.29, 0.717) is 16.8 Å². The summed E-state index contributed by atoms with van der Waals surface area (Å²) in [6.07, 6.45) is 3.06. The van der Waals surface area contributed by atoms with Crippen LogP contribution in [0.1, 0.15) is 43.5 Å². The Labute approximate surface area is 107 Å². The summed E-state index contributed by atoms with van der Waals surface area (Å²) in [6.45, 7) is 4.20. The lowest BCUT2D eigenvalue weighted by Gasteiger charge is -2.19. The summed E-state index contributed by atoms with van der Waals surface area (Å²) in [7, 11) is 0. The molecule has 0 amide bonds. The van der Waals surface area contributed by atoms with E-state index < -0.39 is 5.97 Å². The highest BCUT2D eigenvalue weighted by Crippen LogP contribution is 2.22. The van der Waals surface area contributed by atoms with Crippen molar-refractivity contribution in [3.05, 3.63) is 28.8 Å². The van der Waals surface area contributed by atoms with Gasteiger partial charge in [0, 0.05) is 16.8 Å². The predicted octanol–water partition coefficient (Wildman–Crippen LogP) is 4.03. The zero-order valence-corrected chi connectivity index (χ0v) is 10.9. The molecule has 1 unspecified atom stereocenters. The number of benzene rings is 1. The lowest BCUT2D eigenvalue weighted by atomic mass is 10.1. The van der Waals surface area contributed by atoms with Crippen molar-refractivity contribution in [1.82, 2.24) is 0 Å². The third kappa shape index (κ3) is 3.93. The summed E-state index contributed by atoms with van der Waals surface area (Å²) >= 11 is 5.80. The fraction of sp³-hybridized carbons (Fsp3) is 0.462. The van der Waals surface area contributed by atoms with E-state index in [2.05, 4.69) is 19.2 Å². The molecular formula is C13H18ClNO2. The minimum absolute atomic E-state index is 0.229. The molecule has 17 heavy (non-hydrogen) atoms. The van der Waals surface area contributed by atoms with E-state index in [-0.39, 0.29) is 5.56 Å². The summed E-state index contributed by atoms with van der Waals surface area (Å²) in [5.74, 6) is -0.957. The quantitative estimate of drug-likeness (QED) is 0.807. The lowest BCUT2D eigenvalue weighted by molar-refractivity contribution is 0.0698. The van der Waals surface area contributed by atoms with Gasteiger partial charge in [-0.3, -0.25) is 0 Å². The van der Waals surface area contributed by atoms with Crippen molar-refractivity contribution in [2.45, 2.75) is 39.2 Å². The molecule has 0 aliphatic rings. The second-order valence-electron chi connectivity index (χ2n) is 4.03. The van der Waals surface area contributed by atoms with Crippen LogP contribution in [0.3, 0.4) is 0 Å². The predicted molar refractivity (Wildman–Crippen MR) is 71.0 cm³/mol. The number of carboxylic acid groups (broad SMARTS) is 1. The van der Waals surface area contributed by atoms with E-state index in [1.807, 2.05) is 0 Å². The number of nitrogens with one attached hydrogen (secondary N) is 1. The Balaban J connectivity index is 2.92. The molecule has 0 radical (unpaired) electrons. The standard InChI is InChI=1S/C13H18ClNO2/c1-3-5-10(4-2)15-12-7-6-9(14)8-11(12)13(16)17/h6-8,10,15H,3-5H2,1-2H3,(H,16,17). The Morgan fingerprint density at radius 2 is 2.18 bits per heavy atom. The maximum absolute atomic E-state index is 11.1. The molecule has 1 rings (SSSR count).